The molecule has 144 valence electrons. The van der Waals surface area contributed by atoms with Crippen LogP contribution in [-0.2, 0) is 28.8 Å². The number of fused-ring (bicyclic) bond motifs is 1. The number of ether oxygens (including phenoxy) is 2. The molecule has 4 nitrogen and oxygen atoms in total. The Morgan fingerprint density at radius 1 is 1.07 bits per heavy atom. The summed E-state index contributed by atoms with van der Waals surface area (Å²) in [6.07, 6.45) is 2.82. The molecule has 3 aromatic rings. The first-order valence-electron chi connectivity index (χ1n) is 9.37. The molecule has 0 saturated carbocycles. The van der Waals surface area contributed by atoms with Crippen molar-refractivity contribution in [2.24, 2.45) is 0 Å². The first-order valence-corrected chi connectivity index (χ1v) is 10.2. The van der Waals surface area contributed by atoms with E-state index in [1.54, 1.807) is 18.4 Å². The summed E-state index contributed by atoms with van der Waals surface area (Å²) in [5.74, 6) is 0.627. The van der Waals surface area contributed by atoms with Crippen molar-refractivity contribution in [3.63, 3.8) is 0 Å². The lowest BCUT2D eigenvalue weighted by Gasteiger charge is -2.11. The van der Waals surface area contributed by atoms with Crippen LogP contribution < -0.4 is 4.74 Å². The zero-order valence-corrected chi connectivity index (χ0v) is 17.0. The zero-order valence-electron chi connectivity index (χ0n) is 16.2. The van der Waals surface area contributed by atoms with E-state index in [-0.39, 0.29) is 5.97 Å². The summed E-state index contributed by atoms with van der Waals surface area (Å²) in [6.45, 7) is 2.22. The molecule has 5 heteroatoms. The van der Waals surface area contributed by atoms with E-state index in [4.69, 9.17) is 14.7 Å². The molecule has 0 aliphatic rings. The zero-order chi connectivity index (χ0) is 19.9. The second-order valence-corrected chi connectivity index (χ2v) is 7.69. The van der Waals surface area contributed by atoms with Gasteiger partial charge in [-0.15, -0.1) is 11.3 Å². The van der Waals surface area contributed by atoms with Gasteiger partial charge in [0.15, 0.2) is 0 Å². The molecule has 0 N–H and O–H groups in total. The lowest BCUT2D eigenvalue weighted by atomic mass is 9.98. The largest absolute Gasteiger partial charge is 0.497 e. The molecule has 0 spiro atoms. The molecule has 0 atom stereocenters. The average molecular weight is 394 g/mol. The number of methoxy groups -OCH3 is 1. The summed E-state index contributed by atoms with van der Waals surface area (Å²) in [5, 5.41) is 10.2. The van der Waals surface area contributed by atoms with Crippen molar-refractivity contribution in [3.8, 4) is 11.8 Å². The van der Waals surface area contributed by atoms with Gasteiger partial charge >= 0.3 is 5.97 Å². The molecule has 0 unspecified atom stereocenters. The van der Waals surface area contributed by atoms with Crippen molar-refractivity contribution in [2.75, 3.05) is 13.7 Å². The Morgan fingerprint density at radius 2 is 1.93 bits per heavy atom. The van der Waals surface area contributed by atoms with E-state index in [1.807, 2.05) is 37.3 Å². The third kappa shape index (κ3) is 4.90. The molecule has 1 aromatic heterocycles. The summed E-state index contributed by atoms with van der Waals surface area (Å²) >= 11 is 1.77. The smallest absolute Gasteiger partial charge is 0.306 e. The predicted molar refractivity (Wildman–Crippen MR) is 112 cm³/mol. The lowest BCUT2D eigenvalue weighted by Crippen LogP contribution is -2.07. The monoisotopic (exact) mass is 393 g/mol. The first-order chi connectivity index (χ1) is 13.6. The summed E-state index contributed by atoms with van der Waals surface area (Å²) < 4.78 is 11.6. The van der Waals surface area contributed by atoms with Gasteiger partial charge < -0.3 is 9.47 Å². The number of benzene rings is 2. The maximum absolute atomic E-state index is 11.7. The number of carbonyl (C=O) groups excluding carboxylic acids is 1. The first kappa shape index (κ1) is 19.9. The molecule has 0 bridgehead atoms. The van der Waals surface area contributed by atoms with Gasteiger partial charge in [-0.05, 0) is 79.1 Å². The van der Waals surface area contributed by atoms with Crippen molar-refractivity contribution in [1.29, 1.82) is 5.26 Å². The van der Waals surface area contributed by atoms with Gasteiger partial charge in [0, 0.05) is 16.0 Å². The van der Waals surface area contributed by atoms with Crippen molar-refractivity contribution in [2.45, 2.75) is 32.6 Å². The topological polar surface area (TPSA) is 59.3 Å². The van der Waals surface area contributed by atoms with Crippen LogP contribution in [0.4, 0.5) is 0 Å². The minimum atomic E-state index is -0.172. The Balaban J connectivity index is 1.74. The summed E-state index contributed by atoms with van der Waals surface area (Å²) in [5.41, 5.74) is 3.04. The van der Waals surface area contributed by atoms with Gasteiger partial charge in [-0.25, -0.2) is 0 Å². The highest BCUT2D eigenvalue weighted by molar-refractivity contribution is 7.19. The molecule has 0 radical (unpaired) electrons. The average Bonchev–Trinajstić information content (AvgIpc) is 3.13. The van der Waals surface area contributed by atoms with Crippen molar-refractivity contribution in [1.82, 2.24) is 0 Å². The normalized spacial score (nSPS) is 10.6. The highest BCUT2D eigenvalue weighted by Crippen LogP contribution is 2.28. The Morgan fingerprint density at radius 3 is 2.68 bits per heavy atom. The summed E-state index contributed by atoms with van der Waals surface area (Å²) in [6, 6.07) is 16.2. The molecule has 28 heavy (non-hydrogen) atoms. The number of carbonyl (C=O) groups is 1. The van der Waals surface area contributed by atoms with Gasteiger partial charge in [-0.2, -0.15) is 5.26 Å². The Labute approximate surface area is 169 Å². The molecule has 0 amide bonds. The van der Waals surface area contributed by atoms with Crippen molar-refractivity contribution in [3.05, 3.63) is 64.0 Å². The fourth-order valence-corrected chi connectivity index (χ4v) is 4.27. The number of aryl methyl sites for hydroxylation is 3. The van der Waals surface area contributed by atoms with Crippen LogP contribution in [0.15, 0.2) is 42.5 Å². The molecule has 3 rings (SSSR count). The van der Waals surface area contributed by atoms with Gasteiger partial charge in [0.05, 0.1) is 25.3 Å². The number of nitrogens with zero attached hydrogens (tertiary/aromatic N) is 1. The van der Waals surface area contributed by atoms with Crippen LogP contribution in [0.2, 0.25) is 0 Å². The van der Waals surface area contributed by atoms with E-state index in [2.05, 4.69) is 18.2 Å². The van der Waals surface area contributed by atoms with Crippen LogP contribution >= 0.6 is 11.3 Å². The second kappa shape index (κ2) is 9.38. The van der Waals surface area contributed by atoms with Gasteiger partial charge in [0.2, 0.25) is 0 Å². The molecular weight excluding hydrogens is 370 g/mol. The van der Waals surface area contributed by atoms with Crippen molar-refractivity contribution < 1.29 is 14.3 Å². The van der Waals surface area contributed by atoms with Crippen LogP contribution in [0, 0.1) is 11.3 Å². The molecule has 0 aliphatic heterocycles. The standard InChI is InChI=1S/C23H23NO3S/c1-3-27-23(25)11-7-18-13-20(26-2)8-5-17(18)6-9-21-14-19-12-16(15-24)4-10-22(19)28-21/h4-5,8,10,12-14H,3,6-7,9,11H2,1-2H3. The summed E-state index contributed by atoms with van der Waals surface area (Å²) in [7, 11) is 1.65. The Bertz CT molecular complexity index is 1020. The van der Waals surface area contributed by atoms with Gasteiger partial charge in [-0.3, -0.25) is 4.79 Å². The number of hydrogen-bond acceptors (Lipinski definition) is 5. The van der Waals surface area contributed by atoms with E-state index in [9.17, 15) is 4.79 Å². The van der Waals surface area contributed by atoms with E-state index < -0.39 is 0 Å². The van der Waals surface area contributed by atoms with E-state index in [0.29, 0.717) is 25.0 Å². The number of esters is 1. The Hall–Kier alpha value is -2.84. The maximum Gasteiger partial charge on any atom is 0.306 e. The SMILES string of the molecule is CCOC(=O)CCc1cc(OC)ccc1CCc1cc2cc(C#N)ccc2s1. The summed E-state index contributed by atoms with van der Waals surface area (Å²) in [4.78, 5) is 13.0. The van der Waals surface area contributed by atoms with Gasteiger partial charge in [0.1, 0.15) is 5.75 Å². The van der Waals surface area contributed by atoms with Crippen LogP contribution in [0.1, 0.15) is 34.9 Å². The second-order valence-electron chi connectivity index (χ2n) is 6.52. The van der Waals surface area contributed by atoms with Crippen molar-refractivity contribution >= 4 is 27.4 Å². The van der Waals surface area contributed by atoms with Crippen LogP contribution in [0.25, 0.3) is 10.1 Å². The molecule has 0 fully saturated rings. The van der Waals surface area contributed by atoms with Crippen LogP contribution in [0.5, 0.6) is 5.75 Å². The van der Waals surface area contributed by atoms with Crippen LogP contribution in [-0.4, -0.2) is 19.7 Å². The highest BCUT2D eigenvalue weighted by atomic mass is 32.1. The molecule has 0 saturated heterocycles. The van der Waals surface area contributed by atoms with Gasteiger partial charge in [-0.1, -0.05) is 6.07 Å². The van der Waals surface area contributed by atoms with E-state index in [0.717, 1.165) is 29.5 Å². The minimum Gasteiger partial charge on any atom is -0.497 e. The maximum atomic E-state index is 11.7. The fourth-order valence-electron chi connectivity index (χ4n) is 3.22. The lowest BCUT2D eigenvalue weighted by molar-refractivity contribution is -0.143. The molecule has 0 aliphatic carbocycles. The highest BCUT2D eigenvalue weighted by Gasteiger charge is 2.10. The quantitative estimate of drug-likeness (QED) is 0.502. The van der Waals surface area contributed by atoms with E-state index in [1.165, 1.54) is 15.1 Å². The number of rotatable bonds is 8. The third-order valence-electron chi connectivity index (χ3n) is 4.65. The number of nitriles is 1. The third-order valence-corrected chi connectivity index (χ3v) is 5.83. The number of thiophene rings is 1. The van der Waals surface area contributed by atoms with E-state index >= 15 is 0 Å². The number of hydrogen-bond donors (Lipinski definition) is 0. The molecular formula is C23H23NO3S. The van der Waals surface area contributed by atoms with Gasteiger partial charge in [0.25, 0.3) is 0 Å². The predicted octanol–water partition coefficient (Wildman–Crippen LogP) is 5.06. The van der Waals surface area contributed by atoms with Crippen LogP contribution in [0.3, 0.4) is 0 Å². The molecule has 2 aromatic carbocycles. The Kier molecular flexibility index (Phi) is 6.67. The fraction of sp³-hybridized carbons (Fsp3) is 0.304. The molecule has 1 heterocycles. The minimum absolute atomic E-state index is 0.172.